The molecule has 1 fully saturated rings. The second-order valence-electron chi connectivity index (χ2n) is 6.36. The smallest absolute Gasteiger partial charge is 0.124 e. The summed E-state index contributed by atoms with van der Waals surface area (Å²) in [6.07, 6.45) is 2.34. The van der Waals surface area contributed by atoms with Crippen LogP contribution in [0.1, 0.15) is 24.7 Å². The van der Waals surface area contributed by atoms with E-state index in [4.69, 9.17) is 14.5 Å². The molecule has 0 aliphatic carbocycles. The number of rotatable bonds is 6. The van der Waals surface area contributed by atoms with E-state index in [0.29, 0.717) is 12.6 Å². The van der Waals surface area contributed by atoms with Crippen LogP contribution in [0, 0.1) is 0 Å². The molecule has 1 aliphatic heterocycles. The molecule has 3 aromatic rings. The molecule has 0 saturated carbocycles. The lowest BCUT2D eigenvalue weighted by Crippen LogP contribution is -2.28. The molecule has 0 radical (unpaired) electrons. The van der Waals surface area contributed by atoms with Crippen molar-refractivity contribution >= 4 is 11.0 Å². The highest BCUT2D eigenvalue weighted by Gasteiger charge is 2.28. The molecule has 0 bridgehead atoms. The Hall–Kier alpha value is -2.53. The minimum absolute atomic E-state index is 0.354. The van der Waals surface area contributed by atoms with Crippen molar-refractivity contribution in [3.8, 4) is 11.5 Å². The Kier molecular flexibility index (Phi) is 4.57. The predicted molar refractivity (Wildman–Crippen MR) is 98.1 cm³/mol. The van der Waals surface area contributed by atoms with Crippen molar-refractivity contribution in [1.29, 1.82) is 0 Å². The maximum Gasteiger partial charge on any atom is 0.124 e. The monoisotopic (exact) mass is 337 g/mol. The number of para-hydroxylation sites is 2. The first-order valence-corrected chi connectivity index (χ1v) is 8.79. The van der Waals surface area contributed by atoms with E-state index >= 15 is 0 Å². The normalized spacial score (nSPS) is 17.9. The quantitative estimate of drug-likeness (QED) is 0.743. The summed E-state index contributed by atoms with van der Waals surface area (Å²) >= 11 is 0. The molecule has 0 amide bonds. The molecule has 4 rings (SSSR count). The number of ether oxygens (including phenoxy) is 2. The fourth-order valence-corrected chi connectivity index (χ4v) is 3.49. The van der Waals surface area contributed by atoms with Gasteiger partial charge in [-0.3, -0.25) is 4.90 Å². The van der Waals surface area contributed by atoms with Gasteiger partial charge >= 0.3 is 0 Å². The van der Waals surface area contributed by atoms with Crippen molar-refractivity contribution in [1.82, 2.24) is 14.9 Å². The van der Waals surface area contributed by atoms with Gasteiger partial charge < -0.3 is 14.5 Å². The maximum absolute atomic E-state index is 5.88. The number of H-pyrrole nitrogens is 1. The van der Waals surface area contributed by atoms with Crippen molar-refractivity contribution in [3.05, 3.63) is 54.4 Å². The van der Waals surface area contributed by atoms with E-state index in [9.17, 15) is 0 Å². The Morgan fingerprint density at radius 2 is 1.92 bits per heavy atom. The highest BCUT2D eigenvalue weighted by atomic mass is 16.5. The third-order valence-electron chi connectivity index (χ3n) is 4.79. The molecule has 5 nitrogen and oxygen atoms in total. The molecule has 1 atom stereocenters. The zero-order chi connectivity index (χ0) is 17.1. The van der Waals surface area contributed by atoms with Gasteiger partial charge in [-0.05, 0) is 55.8 Å². The first-order valence-electron chi connectivity index (χ1n) is 8.79. The third-order valence-corrected chi connectivity index (χ3v) is 4.79. The van der Waals surface area contributed by atoms with Gasteiger partial charge in [-0.2, -0.15) is 0 Å². The maximum atomic E-state index is 5.88. The molecule has 5 heteroatoms. The van der Waals surface area contributed by atoms with Gasteiger partial charge in [0.15, 0.2) is 0 Å². The Labute approximate surface area is 147 Å². The second-order valence-corrected chi connectivity index (χ2v) is 6.36. The van der Waals surface area contributed by atoms with Crippen molar-refractivity contribution in [2.75, 3.05) is 26.8 Å². The van der Waals surface area contributed by atoms with Gasteiger partial charge in [0.25, 0.3) is 0 Å². The van der Waals surface area contributed by atoms with Crippen LogP contribution in [0.2, 0.25) is 0 Å². The number of nitrogens with one attached hydrogen (secondary N) is 1. The van der Waals surface area contributed by atoms with E-state index in [1.54, 1.807) is 7.11 Å². The molecule has 2 heterocycles. The molecule has 1 aliphatic rings. The summed E-state index contributed by atoms with van der Waals surface area (Å²) in [4.78, 5) is 10.7. The molecule has 25 heavy (non-hydrogen) atoms. The summed E-state index contributed by atoms with van der Waals surface area (Å²) in [6, 6.07) is 16.3. The van der Waals surface area contributed by atoms with Gasteiger partial charge in [0.1, 0.15) is 23.9 Å². The van der Waals surface area contributed by atoms with E-state index < -0.39 is 0 Å². The number of nitrogens with zero attached hydrogens (tertiary/aromatic N) is 2. The number of hydrogen-bond acceptors (Lipinski definition) is 4. The van der Waals surface area contributed by atoms with Crippen LogP contribution in [0.3, 0.4) is 0 Å². The molecule has 0 spiro atoms. The minimum Gasteiger partial charge on any atom is -0.497 e. The van der Waals surface area contributed by atoms with Crippen LogP contribution in [0.15, 0.2) is 48.5 Å². The van der Waals surface area contributed by atoms with E-state index in [2.05, 4.69) is 22.0 Å². The lowest BCUT2D eigenvalue weighted by Gasteiger charge is -2.22. The van der Waals surface area contributed by atoms with Crippen LogP contribution in [0.5, 0.6) is 11.5 Å². The van der Waals surface area contributed by atoms with Crippen molar-refractivity contribution in [2.45, 2.75) is 18.9 Å². The van der Waals surface area contributed by atoms with Crippen molar-refractivity contribution in [3.63, 3.8) is 0 Å². The zero-order valence-electron chi connectivity index (χ0n) is 14.4. The van der Waals surface area contributed by atoms with Crippen LogP contribution in [-0.2, 0) is 0 Å². The molecular weight excluding hydrogens is 314 g/mol. The first kappa shape index (κ1) is 16.0. The molecule has 2 aromatic carbocycles. The van der Waals surface area contributed by atoms with E-state index in [0.717, 1.165) is 47.9 Å². The predicted octanol–water partition coefficient (Wildman–Crippen LogP) is 3.79. The Morgan fingerprint density at radius 1 is 1.12 bits per heavy atom. The summed E-state index contributed by atoms with van der Waals surface area (Å²) in [5.41, 5.74) is 2.15. The Balaban J connectivity index is 1.37. The van der Waals surface area contributed by atoms with Gasteiger partial charge in [0.2, 0.25) is 0 Å². The zero-order valence-corrected chi connectivity index (χ0v) is 14.4. The van der Waals surface area contributed by atoms with Crippen LogP contribution in [0.4, 0.5) is 0 Å². The SMILES string of the molecule is COc1ccc(OCCN2CCC[C@@H]2c2nc3ccccc3[nH]2)cc1. The molecule has 130 valence electrons. The van der Waals surface area contributed by atoms with Gasteiger partial charge in [0, 0.05) is 6.54 Å². The van der Waals surface area contributed by atoms with Gasteiger partial charge in [-0.1, -0.05) is 12.1 Å². The van der Waals surface area contributed by atoms with Gasteiger partial charge in [-0.15, -0.1) is 0 Å². The molecule has 1 saturated heterocycles. The summed E-state index contributed by atoms with van der Waals surface area (Å²) in [6.45, 7) is 2.66. The van der Waals surface area contributed by atoms with E-state index in [1.165, 1.54) is 6.42 Å². The van der Waals surface area contributed by atoms with Crippen molar-refractivity contribution in [2.24, 2.45) is 0 Å². The van der Waals surface area contributed by atoms with E-state index in [-0.39, 0.29) is 0 Å². The van der Waals surface area contributed by atoms with Crippen LogP contribution < -0.4 is 9.47 Å². The van der Waals surface area contributed by atoms with Gasteiger partial charge in [0.05, 0.1) is 24.2 Å². The molecule has 1 aromatic heterocycles. The number of aromatic amines is 1. The number of hydrogen-bond donors (Lipinski definition) is 1. The summed E-state index contributed by atoms with van der Waals surface area (Å²) < 4.78 is 11.1. The highest BCUT2D eigenvalue weighted by Crippen LogP contribution is 2.31. The second kappa shape index (κ2) is 7.15. The Bertz CT molecular complexity index is 795. The van der Waals surface area contributed by atoms with E-state index in [1.807, 2.05) is 36.4 Å². The molecule has 0 unspecified atom stereocenters. The number of aromatic nitrogens is 2. The number of imidazole rings is 1. The van der Waals surface area contributed by atoms with Crippen LogP contribution in [-0.4, -0.2) is 41.7 Å². The average Bonchev–Trinajstić information content (AvgIpc) is 3.28. The summed E-state index contributed by atoms with van der Waals surface area (Å²) in [5.74, 6) is 2.79. The summed E-state index contributed by atoms with van der Waals surface area (Å²) in [5, 5.41) is 0. The number of likely N-dealkylation sites (tertiary alicyclic amines) is 1. The lowest BCUT2D eigenvalue weighted by molar-refractivity contribution is 0.193. The van der Waals surface area contributed by atoms with Crippen molar-refractivity contribution < 1.29 is 9.47 Å². The third kappa shape index (κ3) is 3.46. The number of benzene rings is 2. The highest BCUT2D eigenvalue weighted by molar-refractivity contribution is 5.74. The standard InChI is InChI=1S/C20H23N3O2/c1-24-15-8-10-16(11-9-15)25-14-13-23-12-4-7-19(23)20-21-17-5-2-3-6-18(17)22-20/h2-3,5-6,8-11,19H,4,7,12-14H2,1H3,(H,21,22)/t19-/m1/s1. The Morgan fingerprint density at radius 3 is 2.72 bits per heavy atom. The number of fused-ring (bicyclic) bond motifs is 1. The first-order chi connectivity index (χ1) is 12.3. The van der Waals surface area contributed by atoms with Crippen LogP contribution in [0.25, 0.3) is 11.0 Å². The largest absolute Gasteiger partial charge is 0.497 e. The van der Waals surface area contributed by atoms with Gasteiger partial charge in [-0.25, -0.2) is 4.98 Å². The lowest BCUT2D eigenvalue weighted by atomic mass is 10.2. The fraction of sp³-hybridized carbons (Fsp3) is 0.350. The minimum atomic E-state index is 0.354. The number of methoxy groups -OCH3 is 1. The topological polar surface area (TPSA) is 50.4 Å². The summed E-state index contributed by atoms with van der Waals surface area (Å²) in [7, 11) is 1.67. The fourth-order valence-electron chi connectivity index (χ4n) is 3.49. The van der Waals surface area contributed by atoms with Crippen LogP contribution >= 0.6 is 0 Å². The molecule has 1 N–H and O–H groups in total. The average molecular weight is 337 g/mol. The molecular formula is C20H23N3O2.